The van der Waals surface area contributed by atoms with Crippen LogP contribution in [0.2, 0.25) is 5.02 Å². The van der Waals surface area contributed by atoms with E-state index < -0.39 is 17.9 Å². The zero-order valence-electron chi connectivity index (χ0n) is 23.2. The molecule has 5 rings (SSSR count). The first-order valence-electron chi connectivity index (χ1n) is 13.5. The quantitative estimate of drug-likeness (QED) is 0.0505. The normalized spacial score (nSPS) is 12.1. The number of Topliss-reactive ketones (excluding diaryl/α,β-unsaturated/α-hetero) is 1. The fourth-order valence-electron chi connectivity index (χ4n) is 4.80. The molecule has 0 fully saturated rings. The molecule has 44 heavy (non-hydrogen) atoms. The lowest BCUT2D eigenvalue weighted by molar-refractivity contribution is -0.199. The molecule has 224 valence electrons. The van der Waals surface area contributed by atoms with Gasteiger partial charge in [-0.1, -0.05) is 47.1 Å². The van der Waals surface area contributed by atoms with Gasteiger partial charge in [0, 0.05) is 67.1 Å². The molecule has 1 aromatic heterocycles. The van der Waals surface area contributed by atoms with E-state index in [-0.39, 0.29) is 29.2 Å². The lowest BCUT2D eigenvalue weighted by atomic mass is 9.99. The summed E-state index contributed by atoms with van der Waals surface area (Å²) in [7, 11) is 0. The van der Waals surface area contributed by atoms with Crippen molar-refractivity contribution < 1.29 is 32.4 Å². The molecule has 0 saturated heterocycles. The zero-order valence-corrected chi connectivity index (χ0v) is 24.8. The van der Waals surface area contributed by atoms with Gasteiger partial charge in [-0.15, -0.1) is 11.8 Å². The van der Waals surface area contributed by atoms with Crippen LogP contribution in [-0.4, -0.2) is 39.7 Å². The zero-order chi connectivity index (χ0) is 31.4. The molecule has 0 bridgehead atoms. The Kier molecular flexibility index (Phi) is 9.22. The van der Waals surface area contributed by atoms with Gasteiger partial charge in [0.05, 0.1) is 0 Å². The van der Waals surface area contributed by atoms with Gasteiger partial charge in [-0.3, -0.25) is 9.59 Å². The highest BCUT2D eigenvalue weighted by Crippen LogP contribution is 2.32. The summed E-state index contributed by atoms with van der Waals surface area (Å²) < 4.78 is 40.5. The minimum Gasteiger partial charge on any atom is -0.341 e. The van der Waals surface area contributed by atoms with Crippen LogP contribution in [-0.2, 0) is 16.2 Å². The minimum absolute atomic E-state index is 0.0816. The summed E-state index contributed by atoms with van der Waals surface area (Å²) in [6, 6.07) is 26.1. The lowest BCUT2D eigenvalue weighted by Gasteiger charge is -2.08. The Morgan fingerprint density at radius 2 is 1.45 bits per heavy atom. The Morgan fingerprint density at radius 1 is 0.841 bits per heavy atom. The molecule has 11 heteroatoms. The predicted molar refractivity (Wildman–Crippen MR) is 166 cm³/mol. The van der Waals surface area contributed by atoms with E-state index in [9.17, 15) is 27.6 Å². The molecular weight excluding hydrogens is 613 g/mol. The van der Waals surface area contributed by atoms with Gasteiger partial charge in [-0.05, 0) is 67.6 Å². The number of benzene rings is 4. The highest BCUT2D eigenvalue weighted by molar-refractivity contribution is 7.99. The number of hydrogen-bond donors (Lipinski definition) is 0. The van der Waals surface area contributed by atoms with E-state index in [4.69, 9.17) is 11.6 Å². The Morgan fingerprint density at radius 3 is 2.07 bits per heavy atom. The summed E-state index contributed by atoms with van der Waals surface area (Å²) >= 11 is 7.26. The van der Waals surface area contributed by atoms with Crippen LogP contribution in [0.1, 0.15) is 39.6 Å². The van der Waals surface area contributed by atoms with E-state index in [1.165, 1.54) is 11.8 Å². The van der Waals surface area contributed by atoms with Crippen LogP contribution in [0.5, 0.6) is 0 Å². The summed E-state index contributed by atoms with van der Waals surface area (Å²) in [6.07, 6.45) is -5.35. The number of fused-ring (bicyclic) bond motifs is 3. The summed E-state index contributed by atoms with van der Waals surface area (Å²) in [6.45, 7) is 2.58. The second-order valence-corrected chi connectivity index (χ2v) is 11.3. The summed E-state index contributed by atoms with van der Waals surface area (Å²) in [5.41, 5.74) is 2.46. The smallest absolute Gasteiger partial charge is 0.341 e. The van der Waals surface area contributed by atoms with Gasteiger partial charge >= 0.3 is 12.1 Å². The van der Waals surface area contributed by atoms with Crippen molar-refractivity contribution >= 4 is 68.4 Å². The molecule has 0 atom stereocenters. The van der Waals surface area contributed by atoms with Crippen molar-refractivity contribution in [2.75, 3.05) is 5.75 Å². The number of oxime groups is 1. The van der Waals surface area contributed by atoms with E-state index in [1.807, 2.05) is 23.6 Å². The molecule has 0 amide bonds. The Balaban J connectivity index is 1.50. The summed E-state index contributed by atoms with van der Waals surface area (Å²) in [5.74, 6) is -3.10. The SMILES string of the molecule is CCn1c2ccc(C(=O)C(CCSc3ccc(Cl)cc3)=NOC(=O)C(F)(F)F)cc2c2cc(C(=O)c3ccccc3)ccc21. The van der Waals surface area contributed by atoms with Gasteiger partial charge in [-0.25, -0.2) is 4.79 Å². The number of aryl methyl sites for hydroxylation is 1. The van der Waals surface area contributed by atoms with E-state index in [0.29, 0.717) is 28.1 Å². The molecule has 5 aromatic rings. The molecule has 0 N–H and O–H groups in total. The highest BCUT2D eigenvalue weighted by atomic mass is 35.5. The molecule has 1 heterocycles. The molecule has 0 spiro atoms. The maximum absolute atomic E-state index is 13.6. The van der Waals surface area contributed by atoms with Crippen molar-refractivity contribution in [3.8, 4) is 0 Å². The van der Waals surface area contributed by atoms with Crippen LogP contribution >= 0.6 is 23.4 Å². The first-order valence-corrected chi connectivity index (χ1v) is 14.9. The van der Waals surface area contributed by atoms with Crippen molar-refractivity contribution in [3.05, 3.63) is 113 Å². The Hall–Kier alpha value is -4.41. The van der Waals surface area contributed by atoms with Gasteiger partial charge in [0.15, 0.2) is 5.78 Å². The van der Waals surface area contributed by atoms with Crippen molar-refractivity contribution in [2.45, 2.75) is 31.0 Å². The summed E-state index contributed by atoms with van der Waals surface area (Å²) in [5, 5.41) is 5.32. The van der Waals surface area contributed by atoms with Gasteiger partial charge in [0.2, 0.25) is 5.78 Å². The van der Waals surface area contributed by atoms with Crippen LogP contribution in [0.4, 0.5) is 13.2 Å². The van der Waals surface area contributed by atoms with Crippen LogP contribution in [0.15, 0.2) is 101 Å². The number of thioether (sulfide) groups is 1. The fourth-order valence-corrected chi connectivity index (χ4v) is 5.78. The molecule has 0 aliphatic rings. The molecule has 0 aliphatic heterocycles. The second-order valence-electron chi connectivity index (χ2n) is 9.70. The van der Waals surface area contributed by atoms with Gasteiger partial charge in [0.1, 0.15) is 5.71 Å². The van der Waals surface area contributed by atoms with E-state index in [2.05, 4.69) is 9.99 Å². The third-order valence-electron chi connectivity index (χ3n) is 6.89. The maximum atomic E-state index is 13.6. The number of carbonyl (C=O) groups is 3. The first-order chi connectivity index (χ1) is 21.1. The van der Waals surface area contributed by atoms with Crippen LogP contribution in [0.3, 0.4) is 0 Å². The van der Waals surface area contributed by atoms with Crippen molar-refractivity contribution in [3.63, 3.8) is 0 Å². The van der Waals surface area contributed by atoms with Crippen molar-refractivity contribution in [1.82, 2.24) is 4.57 Å². The summed E-state index contributed by atoms with van der Waals surface area (Å²) in [4.78, 5) is 43.1. The Labute approximate surface area is 259 Å². The van der Waals surface area contributed by atoms with E-state index >= 15 is 0 Å². The number of alkyl halides is 3. The molecule has 0 aliphatic carbocycles. The average Bonchev–Trinajstić information content (AvgIpc) is 3.34. The van der Waals surface area contributed by atoms with Gasteiger partial charge in [0.25, 0.3) is 0 Å². The van der Waals surface area contributed by atoms with E-state index in [0.717, 1.165) is 21.3 Å². The standard InChI is InChI=1S/C33H24ClF3N2O4S/c1-2-39-28-14-8-21(30(40)20-6-4-3-5-7-20)18-25(28)26-19-22(9-15-29(26)39)31(41)27(38-43-32(42)33(35,36)37)16-17-44-24-12-10-23(34)11-13-24/h3-15,18-19H,2,16-17H2,1H3. The maximum Gasteiger partial charge on any atom is 0.493 e. The number of ketones is 2. The van der Waals surface area contributed by atoms with Crippen LogP contribution in [0.25, 0.3) is 21.8 Å². The first kappa shape index (κ1) is 31.0. The van der Waals surface area contributed by atoms with E-state index in [1.54, 1.807) is 78.9 Å². The highest BCUT2D eigenvalue weighted by Gasteiger charge is 2.42. The number of carbonyl (C=O) groups excluding carboxylic acids is 3. The van der Waals surface area contributed by atoms with Gasteiger partial charge < -0.3 is 9.40 Å². The Bertz CT molecular complexity index is 1900. The molecule has 0 radical (unpaired) electrons. The number of aromatic nitrogens is 1. The molecular formula is C33H24ClF3N2O4S. The van der Waals surface area contributed by atoms with Crippen molar-refractivity contribution in [2.24, 2.45) is 5.16 Å². The molecule has 0 unspecified atom stereocenters. The average molecular weight is 637 g/mol. The number of halogens is 4. The van der Waals surface area contributed by atoms with Crippen molar-refractivity contribution in [1.29, 1.82) is 0 Å². The number of hydrogen-bond acceptors (Lipinski definition) is 6. The number of rotatable bonds is 10. The minimum atomic E-state index is -5.27. The largest absolute Gasteiger partial charge is 0.493 e. The van der Waals surface area contributed by atoms with Crippen LogP contribution in [0, 0.1) is 0 Å². The third-order valence-corrected chi connectivity index (χ3v) is 8.16. The molecule has 4 aromatic carbocycles. The predicted octanol–water partition coefficient (Wildman–Crippen LogP) is 8.53. The third kappa shape index (κ3) is 6.71. The number of nitrogens with zero attached hydrogens (tertiary/aromatic N) is 2. The monoisotopic (exact) mass is 636 g/mol. The van der Waals surface area contributed by atoms with Crippen LogP contribution < -0.4 is 0 Å². The second kappa shape index (κ2) is 13.1. The topological polar surface area (TPSA) is 77.7 Å². The van der Waals surface area contributed by atoms with Gasteiger partial charge in [-0.2, -0.15) is 13.2 Å². The lowest BCUT2D eigenvalue weighted by Crippen LogP contribution is -2.25. The fraction of sp³-hybridized carbons (Fsp3) is 0.152. The molecule has 6 nitrogen and oxygen atoms in total. The molecule has 0 saturated carbocycles.